The SMILES string of the molecule is COc1ccccc1NC(=O)/C(=C/c1ccco1)n1nnnc1-c1ccccc1. The molecule has 2 heterocycles. The topological polar surface area (TPSA) is 95.1 Å². The lowest BCUT2D eigenvalue weighted by atomic mass is 10.2. The van der Waals surface area contributed by atoms with Gasteiger partial charge in [0, 0.05) is 11.6 Å². The molecule has 0 aliphatic carbocycles. The normalized spacial score (nSPS) is 11.3. The van der Waals surface area contributed by atoms with E-state index < -0.39 is 5.91 Å². The molecule has 2 aromatic carbocycles. The smallest absolute Gasteiger partial charge is 0.274 e. The Hall–Kier alpha value is -4.20. The number of furan rings is 1. The highest BCUT2D eigenvalue weighted by Gasteiger charge is 2.20. The van der Waals surface area contributed by atoms with Crippen LogP contribution in [0, 0.1) is 0 Å². The van der Waals surface area contributed by atoms with Crippen molar-refractivity contribution in [2.75, 3.05) is 12.4 Å². The lowest BCUT2D eigenvalue weighted by Crippen LogP contribution is -2.19. The molecule has 0 bridgehead atoms. The van der Waals surface area contributed by atoms with E-state index in [9.17, 15) is 4.79 Å². The average molecular weight is 387 g/mol. The van der Waals surface area contributed by atoms with E-state index in [2.05, 4.69) is 20.8 Å². The monoisotopic (exact) mass is 387 g/mol. The maximum absolute atomic E-state index is 13.2. The summed E-state index contributed by atoms with van der Waals surface area (Å²) in [5.74, 6) is 1.04. The Kier molecular flexibility index (Phi) is 5.15. The number of anilines is 1. The molecule has 0 aliphatic heterocycles. The number of carbonyl (C=O) groups is 1. The van der Waals surface area contributed by atoms with Crippen molar-refractivity contribution in [3.63, 3.8) is 0 Å². The van der Waals surface area contributed by atoms with E-state index in [1.807, 2.05) is 36.4 Å². The van der Waals surface area contributed by atoms with Gasteiger partial charge >= 0.3 is 0 Å². The zero-order chi connectivity index (χ0) is 20.1. The van der Waals surface area contributed by atoms with Crippen LogP contribution < -0.4 is 10.1 Å². The molecule has 8 nitrogen and oxygen atoms in total. The molecule has 1 amide bonds. The Morgan fingerprint density at radius 2 is 1.86 bits per heavy atom. The highest BCUT2D eigenvalue weighted by Crippen LogP contribution is 2.26. The third kappa shape index (κ3) is 3.91. The largest absolute Gasteiger partial charge is 0.495 e. The maximum atomic E-state index is 13.2. The summed E-state index contributed by atoms with van der Waals surface area (Å²) in [4.78, 5) is 13.2. The number of tetrazole rings is 1. The molecule has 1 N–H and O–H groups in total. The van der Waals surface area contributed by atoms with Gasteiger partial charge in [0.05, 0.1) is 19.1 Å². The number of aromatic nitrogens is 4. The van der Waals surface area contributed by atoms with Crippen molar-refractivity contribution in [1.82, 2.24) is 20.2 Å². The molecule has 4 rings (SSSR count). The summed E-state index contributed by atoms with van der Waals surface area (Å²) in [6, 6.07) is 20.0. The first-order valence-electron chi connectivity index (χ1n) is 8.80. The molecule has 0 spiro atoms. The number of amides is 1. The van der Waals surface area contributed by atoms with Crippen molar-refractivity contribution in [2.24, 2.45) is 0 Å². The van der Waals surface area contributed by atoms with Crippen molar-refractivity contribution < 1.29 is 13.9 Å². The van der Waals surface area contributed by atoms with Crippen molar-refractivity contribution in [2.45, 2.75) is 0 Å². The second-order valence-corrected chi connectivity index (χ2v) is 5.98. The molecule has 0 radical (unpaired) electrons. The summed E-state index contributed by atoms with van der Waals surface area (Å²) in [5, 5.41) is 14.7. The van der Waals surface area contributed by atoms with Gasteiger partial charge in [0.2, 0.25) is 0 Å². The zero-order valence-electron chi connectivity index (χ0n) is 15.5. The van der Waals surface area contributed by atoms with Gasteiger partial charge in [0.1, 0.15) is 17.2 Å². The quantitative estimate of drug-likeness (QED) is 0.508. The summed E-state index contributed by atoms with van der Waals surface area (Å²) in [7, 11) is 1.54. The van der Waals surface area contributed by atoms with Crippen molar-refractivity contribution in [3.05, 3.63) is 78.8 Å². The van der Waals surface area contributed by atoms with E-state index in [1.165, 1.54) is 10.9 Å². The predicted molar refractivity (Wildman–Crippen MR) is 108 cm³/mol. The number of carbonyl (C=O) groups excluding carboxylic acids is 1. The molecule has 0 aliphatic rings. The van der Waals surface area contributed by atoms with Crippen molar-refractivity contribution in [1.29, 1.82) is 0 Å². The van der Waals surface area contributed by atoms with Crippen molar-refractivity contribution >= 4 is 23.4 Å². The van der Waals surface area contributed by atoms with Gasteiger partial charge in [-0.2, -0.15) is 4.68 Å². The van der Waals surface area contributed by atoms with Gasteiger partial charge in [-0.25, -0.2) is 0 Å². The molecule has 29 heavy (non-hydrogen) atoms. The van der Waals surface area contributed by atoms with E-state index in [1.54, 1.807) is 43.5 Å². The molecular weight excluding hydrogens is 370 g/mol. The Balaban J connectivity index is 1.76. The van der Waals surface area contributed by atoms with E-state index >= 15 is 0 Å². The fraction of sp³-hybridized carbons (Fsp3) is 0.0476. The number of rotatable bonds is 6. The second kappa shape index (κ2) is 8.22. The second-order valence-electron chi connectivity index (χ2n) is 5.98. The summed E-state index contributed by atoms with van der Waals surface area (Å²) in [5.41, 5.74) is 1.49. The fourth-order valence-corrected chi connectivity index (χ4v) is 2.78. The molecule has 0 saturated carbocycles. The van der Waals surface area contributed by atoms with Crippen LogP contribution in [0.2, 0.25) is 0 Å². The first-order chi connectivity index (χ1) is 14.3. The summed E-state index contributed by atoms with van der Waals surface area (Å²) >= 11 is 0. The van der Waals surface area contributed by atoms with Gasteiger partial charge < -0.3 is 14.5 Å². The molecule has 0 saturated heterocycles. The third-order valence-corrected chi connectivity index (χ3v) is 4.14. The number of ether oxygens (including phenoxy) is 1. The van der Waals surface area contributed by atoms with Gasteiger partial charge in [-0.3, -0.25) is 4.79 Å². The summed E-state index contributed by atoms with van der Waals surface area (Å²) in [6.45, 7) is 0. The van der Waals surface area contributed by atoms with Crippen molar-refractivity contribution in [3.8, 4) is 17.1 Å². The number of para-hydroxylation sites is 2. The van der Waals surface area contributed by atoms with Crippen LogP contribution in [0.1, 0.15) is 5.76 Å². The molecule has 144 valence electrons. The number of nitrogens with one attached hydrogen (secondary N) is 1. The minimum atomic E-state index is -0.421. The molecule has 8 heteroatoms. The number of methoxy groups -OCH3 is 1. The van der Waals surface area contributed by atoms with Crippen LogP contribution in [0.25, 0.3) is 23.2 Å². The Morgan fingerprint density at radius 3 is 2.62 bits per heavy atom. The van der Waals surface area contributed by atoms with E-state index in [0.29, 0.717) is 23.0 Å². The lowest BCUT2D eigenvalue weighted by molar-refractivity contribution is -0.111. The van der Waals surface area contributed by atoms with E-state index in [-0.39, 0.29) is 5.70 Å². The zero-order valence-corrected chi connectivity index (χ0v) is 15.5. The Labute approximate surface area is 166 Å². The van der Waals surface area contributed by atoms with Gasteiger partial charge in [-0.1, -0.05) is 42.5 Å². The van der Waals surface area contributed by atoms with Crippen LogP contribution >= 0.6 is 0 Å². The van der Waals surface area contributed by atoms with Crippen LogP contribution in [0.15, 0.2) is 77.4 Å². The predicted octanol–water partition coefficient (Wildman–Crippen LogP) is 3.58. The summed E-state index contributed by atoms with van der Waals surface area (Å²) < 4.78 is 12.1. The third-order valence-electron chi connectivity index (χ3n) is 4.14. The molecule has 0 unspecified atom stereocenters. The fourth-order valence-electron chi connectivity index (χ4n) is 2.78. The average Bonchev–Trinajstić information content (AvgIpc) is 3.45. The first-order valence-corrected chi connectivity index (χ1v) is 8.80. The lowest BCUT2D eigenvalue weighted by Gasteiger charge is -2.12. The number of hydrogen-bond acceptors (Lipinski definition) is 6. The molecule has 2 aromatic heterocycles. The highest BCUT2D eigenvalue weighted by molar-refractivity contribution is 6.24. The first kappa shape index (κ1) is 18.2. The minimum Gasteiger partial charge on any atom is -0.495 e. The number of hydrogen-bond donors (Lipinski definition) is 1. The Morgan fingerprint density at radius 1 is 1.07 bits per heavy atom. The standard InChI is InChI=1S/C21H17N5O3/c1-28-19-12-6-5-11-17(19)22-21(27)18(14-16-10-7-13-29-16)26-20(23-24-25-26)15-8-3-2-4-9-15/h2-14H,1H3,(H,22,27)/b18-14-. The summed E-state index contributed by atoms with van der Waals surface area (Å²) in [6.07, 6.45) is 3.10. The molecule has 0 atom stereocenters. The molecular formula is C21H17N5O3. The number of benzene rings is 2. The van der Waals surface area contributed by atoms with E-state index in [0.717, 1.165) is 5.56 Å². The van der Waals surface area contributed by atoms with Crippen LogP contribution in [-0.2, 0) is 4.79 Å². The molecule has 4 aromatic rings. The Bertz CT molecular complexity index is 1130. The minimum absolute atomic E-state index is 0.190. The maximum Gasteiger partial charge on any atom is 0.274 e. The van der Waals surface area contributed by atoms with Crippen LogP contribution in [0.3, 0.4) is 0 Å². The van der Waals surface area contributed by atoms with Gasteiger partial charge in [0.25, 0.3) is 5.91 Å². The van der Waals surface area contributed by atoms with Gasteiger partial charge in [-0.05, 0) is 34.7 Å². The van der Waals surface area contributed by atoms with Gasteiger partial charge in [-0.15, -0.1) is 5.10 Å². The number of nitrogens with zero attached hydrogens (tertiary/aromatic N) is 4. The van der Waals surface area contributed by atoms with Crippen LogP contribution in [-0.4, -0.2) is 33.2 Å². The van der Waals surface area contributed by atoms with Crippen LogP contribution in [0.4, 0.5) is 5.69 Å². The van der Waals surface area contributed by atoms with E-state index in [4.69, 9.17) is 9.15 Å². The molecule has 0 fully saturated rings. The van der Waals surface area contributed by atoms with Gasteiger partial charge in [0.15, 0.2) is 5.82 Å². The van der Waals surface area contributed by atoms with Crippen LogP contribution in [0.5, 0.6) is 5.75 Å². The highest BCUT2D eigenvalue weighted by atomic mass is 16.5.